The average molecular weight is 498 g/mol. The molecule has 2 aliphatic heterocycles. The van der Waals surface area contributed by atoms with Gasteiger partial charge in [0, 0.05) is 59.8 Å². The lowest BCUT2D eigenvalue weighted by molar-refractivity contribution is -0.0857. The summed E-state index contributed by atoms with van der Waals surface area (Å²) in [7, 11) is 3.53. The maximum absolute atomic E-state index is 11.9. The summed E-state index contributed by atoms with van der Waals surface area (Å²) < 4.78 is 16.5. The highest BCUT2D eigenvalue weighted by molar-refractivity contribution is 14.0. The monoisotopic (exact) mass is 498 g/mol. The van der Waals surface area contributed by atoms with Crippen molar-refractivity contribution in [3.05, 3.63) is 0 Å². The van der Waals surface area contributed by atoms with Crippen LogP contribution in [0.15, 0.2) is 4.99 Å². The van der Waals surface area contributed by atoms with Gasteiger partial charge in [-0.3, -0.25) is 4.99 Å². The number of hydrogen-bond donors (Lipinski definition) is 2. The first-order chi connectivity index (χ1) is 12.3. The average Bonchev–Trinajstić information content (AvgIpc) is 3.02. The van der Waals surface area contributed by atoms with Gasteiger partial charge in [-0.2, -0.15) is 0 Å². The molecule has 0 spiro atoms. The van der Waals surface area contributed by atoms with Crippen LogP contribution in [0.3, 0.4) is 0 Å². The van der Waals surface area contributed by atoms with Crippen LogP contribution >= 0.6 is 24.0 Å². The Morgan fingerprint density at radius 2 is 2.00 bits per heavy atom. The van der Waals surface area contributed by atoms with Gasteiger partial charge in [-0.05, 0) is 27.2 Å². The van der Waals surface area contributed by atoms with Gasteiger partial charge < -0.3 is 29.7 Å². The number of carbonyl (C=O) groups is 1. The van der Waals surface area contributed by atoms with Crippen LogP contribution in [-0.2, 0) is 14.2 Å². The van der Waals surface area contributed by atoms with Gasteiger partial charge >= 0.3 is 6.09 Å². The molecule has 2 rings (SSSR count). The molecule has 2 heterocycles. The largest absolute Gasteiger partial charge is 0.444 e. The Balaban J connectivity index is 0.00000364. The van der Waals surface area contributed by atoms with E-state index in [-0.39, 0.29) is 41.7 Å². The number of nitrogens with one attached hydrogen (secondary N) is 2. The number of nitrogens with zero attached hydrogens (tertiary/aromatic N) is 2. The van der Waals surface area contributed by atoms with Gasteiger partial charge in [-0.15, -0.1) is 24.0 Å². The number of halogens is 1. The quantitative estimate of drug-likeness (QED) is 0.351. The van der Waals surface area contributed by atoms with Gasteiger partial charge in [0.1, 0.15) is 5.60 Å². The summed E-state index contributed by atoms with van der Waals surface area (Å²) in [6.45, 7) is 9.27. The van der Waals surface area contributed by atoms with Crippen molar-refractivity contribution in [2.45, 2.75) is 57.3 Å². The zero-order valence-electron chi connectivity index (χ0n) is 17.2. The molecule has 27 heavy (non-hydrogen) atoms. The minimum Gasteiger partial charge on any atom is -0.444 e. The van der Waals surface area contributed by atoms with Crippen LogP contribution < -0.4 is 10.6 Å². The van der Waals surface area contributed by atoms with E-state index in [1.807, 2.05) is 20.8 Å². The van der Waals surface area contributed by atoms with Crippen LogP contribution in [0.4, 0.5) is 4.79 Å². The molecule has 2 aliphatic rings. The third kappa shape index (κ3) is 7.61. The highest BCUT2D eigenvalue weighted by atomic mass is 127. The van der Waals surface area contributed by atoms with Crippen molar-refractivity contribution in [1.29, 1.82) is 0 Å². The first-order valence-electron chi connectivity index (χ1n) is 9.35. The summed E-state index contributed by atoms with van der Waals surface area (Å²) in [4.78, 5) is 18.5. The van der Waals surface area contributed by atoms with E-state index in [1.54, 1.807) is 14.2 Å². The van der Waals surface area contributed by atoms with E-state index in [0.717, 1.165) is 45.0 Å². The number of likely N-dealkylation sites (tertiary alicyclic amines) is 1. The number of aliphatic imine (C=N–C) groups is 1. The normalized spacial score (nSPS) is 22.8. The zero-order valence-corrected chi connectivity index (χ0v) is 19.5. The molecule has 0 bridgehead atoms. The van der Waals surface area contributed by atoms with Crippen LogP contribution in [0.25, 0.3) is 0 Å². The van der Waals surface area contributed by atoms with Gasteiger partial charge in [0.25, 0.3) is 0 Å². The molecule has 9 heteroatoms. The highest BCUT2D eigenvalue weighted by Gasteiger charge is 2.34. The number of guanidine groups is 1. The van der Waals surface area contributed by atoms with E-state index >= 15 is 0 Å². The van der Waals surface area contributed by atoms with Crippen molar-refractivity contribution in [3.8, 4) is 0 Å². The van der Waals surface area contributed by atoms with Crippen molar-refractivity contribution in [1.82, 2.24) is 15.5 Å². The molecule has 1 amide bonds. The van der Waals surface area contributed by atoms with E-state index in [0.29, 0.717) is 13.1 Å². The van der Waals surface area contributed by atoms with E-state index in [2.05, 4.69) is 20.5 Å². The van der Waals surface area contributed by atoms with E-state index in [1.165, 1.54) is 0 Å². The van der Waals surface area contributed by atoms with Crippen molar-refractivity contribution >= 4 is 36.0 Å². The molecule has 2 saturated heterocycles. The number of ether oxygens (including phenoxy) is 3. The van der Waals surface area contributed by atoms with Gasteiger partial charge in [-0.1, -0.05) is 0 Å². The number of carbonyl (C=O) groups excluding carboxylic acids is 1. The maximum Gasteiger partial charge on any atom is 0.407 e. The number of hydrogen-bond acceptors (Lipinski definition) is 5. The molecule has 2 fully saturated rings. The Hall–Kier alpha value is -0.810. The van der Waals surface area contributed by atoms with Gasteiger partial charge in [-0.25, -0.2) is 4.79 Å². The molecule has 0 saturated carbocycles. The minimum absolute atomic E-state index is 0. The topological polar surface area (TPSA) is 84.4 Å². The van der Waals surface area contributed by atoms with Crippen LogP contribution in [0.2, 0.25) is 0 Å². The Bertz CT molecular complexity index is 504. The molecule has 1 atom stereocenters. The molecule has 0 aromatic carbocycles. The number of rotatable bonds is 4. The standard InChI is InChI=1S/C18H34N4O4.HI/c1-17(2,3)26-16(23)21-14-6-9-22(12-14)15(19-4)20-13-18(24-5)7-10-25-11-8-18;/h14H,6-13H2,1-5H3,(H,19,20)(H,21,23);1H. The van der Waals surface area contributed by atoms with E-state index in [4.69, 9.17) is 14.2 Å². The summed E-state index contributed by atoms with van der Waals surface area (Å²) in [6, 6.07) is 0.0582. The Morgan fingerprint density at radius 3 is 2.56 bits per heavy atom. The molecular formula is C18H35IN4O4. The van der Waals surface area contributed by atoms with Crippen molar-refractivity contribution in [2.24, 2.45) is 4.99 Å². The molecule has 2 N–H and O–H groups in total. The third-order valence-electron chi connectivity index (χ3n) is 4.83. The summed E-state index contributed by atoms with van der Waals surface area (Å²) in [6.07, 6.45) is 2.24. The fourth-order valence-electron chi connectivity index (χ4n) is 3.31. The van der Waals surface area contributed by atoms with Gasteiger partial charge in [0.05, 0.1) is 11.6 Å². The number of amides is 1. The smallest absolute Gasteiger partial charge is 0.407 e. The third-order valence-corrected chi connectivity index (χ3v) is 4.83. The predicted molar refractivity (Wildman–Crippen MR) is 116 cm³/mol. The lowest BCUT2D eigenvalue weighted by atomic mass is 9.94. The molecule has 1 unspecified atom stereocenters. The molecule has 0 aliphatic carbocycles. The highest BCUT2D eigenvalue weighted by Crippen LogP contribution is 2.23. The summed E-state index contributed by atoms with van der Waals surface area (Å²) in [5.41, 5.74) is -0.694. The fraction of sp³-hybridized carbons (Fsp3) is 0.889. The number of alkyl carbamates (subject to hydrolysis) is 1. The Morgan fingerprint density at radius 1 is 1.33 bits per heavy atom. The molecule has 158 valence electrons. The van der Waals surface area contributed by atoms with Crippen molar-refractivity contribution in [2.75, 3.05) is 47.0 Å². The van der Waals surface area contributed by atoms with E-state index < -0.39 is 5.60 Å². The maximum atomic E-state index is 11.9. The second kappa shape index (κ2) is 10.7. The number of methoxy groups -OCH3 is 1. The lowest BCUT2D eigenvalue weighted by Crippen LogP contribution is -2.51. The van der Waals surface area contributed by atoms with Crippen LogP contribution in [0.5, 0.6) is 0 Å². The van der Waals surface area contributed by atoms with Crippen molar-refractivity contribution < 1.29 is 19.0 Å². The first kappa shape index (κ1) is 24.2. The molecule has 0 aromatic heterocycles. The van der Waals surface area contributed by atoms with Crippen LogP contribution in [0.1, 0.15) is 40.0 Å². The predicted octanol–water partition coefficient (Wildman–Crippen LogP) is 1.97. The van der Waals surface area contributed by atoms with E-state index in [9.17, 15) is 4.79 Å². The first-order valence-corrected chi connectivity index (χ1v) is 9.35. The van der Waals surface area contributed by atoms with Crippen LogP contribution in [0, 0.1) is 0 Å². The second-order valence-corrected chi connectivity index (χ2v) is 7.98. The minimum atomic E-state index is -0.488. The van der Waals surface area contributed by atoms with Crippen molar-refractivity contribution in [3.63, 3.8) is 0 Å². The summed E-state index contributed by atoms with van der Waals surface area (Å²) >= 11 is 0. The summed E-state index contributed by atoms with van der Waals surface area (Å²) in [5, 5.41) is 6.38. The Labute approximate surface area is 179 Å². The fourth-order valence-corrected chi connectivity index (χ4v) is 3.31. The van der Waals surface area contributed by atoms with Crippen LogP contribution in [-0.4, -0.2) is 81.2 Å². The molecule has 8 nitrogen and oxygen atoms in total. The van der Waals surface area contributed by atoms with Gasteiger partial charge in [0.15, 0.2) is 5.96 Å². The molecular weight excluding hydrogens is 463 g/mol. The summed E-state index contributed by atoms with van der Waals surface area (Å²) in [5.74, 6) is 0.835. The SMILES string of the molecule is CN=C(NCC1(OC)CCOCC1)N1CCC(NC(=O)OC(C)(C)C)C1.I. The lowest BCUT2D eigenvalue weighted by Gasteiger charge is -2.37. The Kier molecular flexibility index (Phi) is 9.56. The molecule has 0 aromatic rings. The van der Waals surface area contributed by atoms with Gasteiger partial charge in [0.2, 0.25) is 0 Å². The molecule has 0 radical (unpaired) electrons. The zero-order chi connectivity index (χ0) is 19.2. The second-order valence-electron chi connectivity index (χ2n) is 7.98.